The Morgan fingerprint density at radius 3 is 2.88 bits per heavy atom. The first-order valence-corrected chi connectivity index (χ1v) is 11.2. The van der Waals surface area contributed by atoms with Gasteiger partial charge in [-0.05, 0) is 58.8 Å². The molecule has 136 valence electrons. The lowest BCUT2D eigenvalue weighted by Gasteiger charge is -2.34. The Kier molecular flexibility index (Phi) is 5.98. The van der Waals surface area contributed by atoms with Crippen LogP contribution in [0.5, 0.6) is 0 Å². The molecule has 1 saturated heterocycles. The molecule has 0 bridgehead atoms. The molecule has 1 atom stereocenters. The van der Waals surface area contributed by atoms with Gasteiger partial charge >= 0.3 is 0 Å². The van der Waals surface area contributed by atoms with Gasteiger partial charge in [-0.1, -0.05) is 12.5 Å². The Morgan fingerprint density at radius 2 is 2.20 bits per heavy atom. The summed E-state index contributed by atoms with van der Waals surface area (Å²) in [4.78, 5) is 12.0. The molecule has 1 aliphatic heterocycles. The number of carbonyl (C=O) groups excluding carboxylic acids is 1. The summed E-state index contributed by atoms with van der Waals surface area (Å²) in [6.45, 7) is 0.933. The van der Waals surface area contributed by atoms with Gasteiger partial charge in [0, 0.05) is 19.1 Å². The van der Waals surface area contributed by atoms with E-state index in [2.05, 4.69) is 21.2 Å². The summed E-state index contributed by atoms with van der Waals surface area (Å²) in [5.41, 5.74) is 0. The van der Waals surface area contributed by atoms with Crippen molar-refractivity contribution in [1.29, 1.82) is 0 Å². The molecule has 0 unspecified atom stereocenters. The van der Waals surface area contributed by atoms with Crippen LogP contribution in [0, 0.1) is 0 Å². The standard InChI is InChI=1S/C16H19BrN2O4S2/c17-14-7-6-13(23-14)16(20)18-9-8-12-4-1-2-10-19(12)25(21,22)15-5-3-11-24-15/h3,5-7,11-12H,1-2,4,8-10H2,(H,18,20)/t12-/m0/s1. The third-order valence-electron chi connectivity index (χ3n) is 4.19. The number of thiophene rings is 1. The maximum Gasteiger partial charge on any atom is 0.287 e. The van der Waals surface area contributed by atoms with Crippen molar-refractivity contribution < 1.29 is 17.6 Å². The fraction of sp³-hybridized carbons (Fsp3) is 0.438. The number of nitrogens with zero attached hydrogens (tertiary/aromatic N) is 1. The largest absolute Gasteiger partial charge is 0.444 e. The average Bonchev–Trinajstić information content (AvgIpc) is 3.27. The van der Waals surface area contributed by atoms with Crippen LogP contribution in [-0.2, 0) is 10.0 Å². The van der Waals surface area contributed by atoms with E-state index in [1.54, 1.807) is 34.0 Å². The second kappa shape index (κ2) is 8.03. The molecule has 1 fully saturated rings. The predicted octanol–water partition coefficient (Wildman–Crippen LogP) is 3.47. The summed E-state index contributed by atoms with van der Waals surface area (Å²) in [5, 5.41) is 4.57. The van der Waals surface area contributed by atoms with Crippen LogP contribution in [0.4, 0.5) is 0 Å². The van der Waals surface area contributed by atoms with E-state index in [4.69, 9.17) is 4.42 Å². The van der Waals surface area contributed by atoms with E-state index in [1.165, 1.54) is 11.3 Å². The van der Waals surface area contributed by atoms with E-state index < -0.39 is 10.0 Å². The summed E-state index contributed by atoms with van der Waals surface area (Å²) in [7, 11) is -3.45. The molecule has 1 aliphatic rings. The molecule has 0 aromatic carbocycles. The van der Waals surface area contributed by atoms with Crippen molar-refractivity contribution in [3.05, 3.63) is 40.1 Å². The quantitative estimate of drug-likeness (QED) is 0.736. The van der Waals surface area contributed by atoms with Gasteiger partial charge < -0.3 is 9.73 Å². The zero-order valence-electron chi connectivity index (χ0n) is 13.5. The first kappa shape index (κ1) is 18.6. The van der Waals surface area contributed by atoms with E-state index in [9.17, 15) is 13.2 Å². The maximum atomic E-state index is 12.8. The lowest BCUT2D eigenvalue weighted by Crippen LogP contribution is -2.44. The number of halogens is 1. The molecule has 0 aliphatic carbocycles. The maximum absolute atomic E-state index is 12.8. The fourth-order valence-corrected chi connectivity index (χ4v) is 6.13. The van der Waals surface area contributed by atoms with Crippen LogP contribution in [0.15, 0.2) is 42.9 Å². The molecular weight excluding hydrogens is 428 g/mol. The van der Waals surface area contributed by atoms with Gasteiger partial charge in [0.05, 0.1) is 0 Å². The summed E-state index contributed by atoms with van der Waals surface area (Å²) < 4.78 is 33.3. The third-order valence-corrected chi connectivity index (χ3v) is 7.94. The van der Waals surface area contributed by atoms with E-state index >= 15 is 0 Å². The SMILES string of the molecule is O=C(NCC[C@@H]1CCCCN1S(=O)(=O)c1cccs1)c1ccc(Br)o1. The number of sulfonamides is 1. The van der Waals surface area contributed by atoms with Crippen molar-refractivity contribution in [3.63, 3.8) is 0 Å². The molecule has 2 aromatic heterocycles. The normalized spacial score (nSPS) is 19.0. The summed E-state index contributed by atoms with van der Waals surface area (Å²) in [5.74, 6) is -0.0623. The van der Waals surface area contributed by atoms with Crippen LogP contribution in [0.2, 0.25) is 0 Å². The van der Waals surface area contributed by atoms with Crippen molar-refractivity contribution in [2.45, 2.75) is 35.9 Å². The highest BCUT2D eigenvalue weighted by atomic mass is 79.9. The number of piperidine rings is 1. The van der Waals surface area contributed by atoms with Crippen LogP contribution in [0.3, 0.4) is 0 Å². The Balaban J connectivity index is 1.61. The Morgan fingerprint density at radius 1 is 1.36 bits per heavy atom. The van der Waals surface area contributed by atoms with E-state index in [1.807, 2.05) is 0 Å². The van der Waals surface area contributed by atoms with Crippen LogP contribution < -0.4 is 5.32 Å². The van der Waals surface area contributed by atoms with Gasteiger partial charge in [0.2, 0.25) is 0 Å². The monoisotopic (exact) mass is 446 g/mol. The van der Waals surface area contributed by atoms with Crippen molar-refractivity contribution in [1.82, 2.24) is 9.62 Å². The minimum atomic E-state index is -3.45. The molecule has 2 aromatic rings. The molecule has 6 nitrogen and oxygen atoms in total. The minimum absolute atomic E-state index is 0.0931. The number of hydrogen-bond acceptors (Lipinski definition) is 5. The van der Waals surface area contributed by atoms with E-state index in [-0.39, 0.29) is 17.7 Å². The zero-order chi connectivity index (χ0) is 17.9. The second-order valence-corrected chi connectivity index (χ2v) is 9.69. The average molecular weight is 447 g/mol. The molecule has 3 rings (SSSR count). The third kappa shape index (κ3) is 4.33. The van der Waals surface area contributed by atoms with Crippen molar-refractivity contribution >= 4 is 43.2 Å². The van der Waals surface area contributed by atoms with Gasteiger partial charge in [0.15, 0.2) is 10.4 Å². The number of carbonyl (C=O) groups is 1. The highest BCUT2D eigenvalue weighted by Crippen LogP contribution is 2.29. The lowest BCUT2D eigenvalue weighted by atomic mass is 10.0. The highest BCUT2D eigenvalue weighted by molar-refractivity contribution is 9.10. The zero-order valence-corrected chi connectivity index (χ0v) is 16.7. The smallest absolute Gasteiger partial charge is 0.287 e. The van der Waals surface area contributed by atoms with Crippen molar-refractivity contribution in [2.24, 2.45) is 0 Å². The molecule has 0 spiro atoms. The number of amides is 1. The van der Waals surface area contributed by atoms with Crippen molar-refractivity contribution in [3.8, 4) is 0 Å². The molecule has 9 heteroatoms. The van der Waals surface area contributed by atoms with Gasteiger partial charge in [-0.25, -0.2) is 8.42 Å². The van der Waals surface area contributed by atoms with Gasteiger partial charge in [-0.15, -0.1) is 11.3 Å². The number of rotatable bonds is 6. The van der Waals surface area contributed by atoms with Gasteiger partial charge in [0.1, 0.15) is 4.21 Å². The van der Waals surface area contributed by atoms with Crippen LogP contribution in [0.25, 0.3) is 0 Å². The summed E-state index contributed by atoms with van der Waals surface area (Å²) in [6.07, 6.45) is 3.26. The Hall–Kier alpha value is -1.16. The molecule has 0 saturated carbocycles. The van der Waals surface area contributed by atoms with Gasteiger partial charge in [-0.3, -0.25) is 4.79 Å². The van der Waals surface area contributed by atoms with Crippen molar-refractivity contribution in [2.75, 3.05) is 13.1 Å². The molecule has 0 radical (unpaired) electrons. The lowest BCUT2D eigenvalue weighted by molar-refractivity contribution is 0.0920. The van der Waals surface area contributed by atoms with Crippen LogP contribution in [-0.4, -0.2) is 37.8 Å². The molecule has 1 N–H and O–H groups in total. The minimum Gasteiger partial charge on any atom is -0.444 e. The molecule has 3 heterocycles. The van der Waals surface area contributed by atoms with Gasteiger partial charge in [-0.2, -0.15) is 4.31 Å². The Bertz CT molecular complexity index is 817. The topological polar surface area (TPSA) is 79.6 Å². The predicted molar refractivity (Wildman–Crippen MR) is 99.2 cm³/mol. The van der Waals surface area contributed by atoms with E-state index in [0.717, 1.165) is 19.3 Å². The fourth-order valence-electron chi connectivity index (χ4n) is 2.98. The summed E-state index contributed by atoms with van der Waals surface area (Å²) >= 11 is 4.40. The Labute approximate surface area is 159 Å². The molecular formula is C16H19BrN2O4S2. The summed E-state index contributed by atoms with van der Waals surface area (Å²) in [6, 6.07) is 6.55. The van der Waals surface area contributed by atoms with E-state index in [0.29, 0.717) is 28.4 Å². The second-order valence-electron chi connectivity index (χ2n) is 5.85. The molecule has 1 amide bonds. The highest BCUT2D eigenvalue weighted by Gasteiger charge is 2.33. The molecule has 25 heavy (non-hydrogen) atoms. The first-order chi connectivity index (χ1) is 12.0. The van der Waals surface area contributed by atoms with Crippen LogP contribution in [0.1, 0.15) is 36.2 Å². The number of nitrogens with one attached hydrogen (secondary N) is 1. The number of hydrogen-bond donors (Lipinski definition) is 1. The van der Waals surface area contributed by atoms with Gasteiger partial charge in [0.25, 0.3) is 15.9 Å². The van der Waals surface area contributed by atoms with Crippen LogP contribution >= 0.6 is 27.3 Å². The first-order valence-electron chi connectivity index (χ1n) is 8.07. The number of furan rings is 1.